The maximum absolute atomic E-state index is 11.6. The minimum Gasteiger partial charge on any atom is -0.383 e. The van der Waals surface area contributed by atoms with Gasteiger partial charge in [-0.3, -0.25) is 5.32 Å². The number of nitrogens with one attached hydrogen (secondary N) is 2. The summed E-state index contributed by atoms with van der Waals surface area (Å²) in [7, 11) is 1.60. The number of methoxy groups -OCH3 is 1. The van der Waals surface area contributed by atoms with Crippen LogP contribution in [0.4, 0.5) is 10.6 Å². The molecule has 0 saturated carbocycles. The Labute approximate surface area is 102 Å². The van der Waals surface area contributed by atoms with E-state index in [0.29, 0.717) is 12.4 Å². The fraction of sp³-hybridized carbons (Fsp3) is 0.500. The number of hydrogen-bond donors (Lipinski definition) is 2. The van der Waals surface area contributed by atoms with E-state index in [1.54, 1.807) is 7.11 Å². The zero-order valence-corrected chi connectivity index (χ0v) is 10.7. The van der Waals surface area contributed by atoms with Crippen LogP contribution in [-0.4, -0.2) is 30.8 Å². The molecule has 5 heteroatoms. The molecule has 0 aromatic carbocycles. The summed E-state index contributed by atoms with van der Waals surface area (Å²) in [5.41, 5.74) is 1.95. The first-order chi connectivity index (χ1) is 8.01. The van der Waals surface area contributed by atoms with Crippen LogP contribution in [0.25, 0.3) is 0 Å². The largest absolute Gasteiger partial charge is 0.383 e. The number of nitrogens with zero attached hydrogens (tertiary/aromatic N) is 1. The van der Waals surface area contributed by atoms with Crippen molar-refractivity contribution in [2.45, 2.75) is 26.8 Å². The molecule has 0 spiro atoms. The number of hydrogen-bond acceptors (Lipinski definition) is 3. The van der Waals surface area contributed by atoms with Crippen molar-refractivity contribution in [1.29, 1.82) is 0 Å². The number of pyridine rings is 1. The first kappa shape index (κ1) is 13.4. The topological polar surface area (TPSA) is 63.2 Å². The Morgan fingerprint density at radius 3 is 2.76 bits per heavy atom. The first-order valence-corrected chi connectivity index (χ1v) is 5.53. The van der Waals surface area contributed by atoms with Gasteiger partial charge in [-0.25, -0.2) is 9.78 Å². The minimum atomic E-state index is -0.271. The van der Waals surface area contributed by atoms with Crippen LogP contribution in [0.2, 0.25) is 0 Å². The van der Waals surface area contributed by atoms with Crippen LogP contribution in [0.1, 0.15) is 18.2 Å². The van der Waals surface area contributed by atoms with Crippen molar-refractivity contribution in [3.8, 4) is 0 Å². The molecule has 1 aromatic rings. The summed E-state index contributed by atoms with van der Waals surface area (Å²) in [4.78, 5) is 15.8. The second-order valence-electron chi connectivity index (χ2n) is 4.13. The van der Waals surface area contributed by atoms with E-state index in [1.165, 1.54) is 0 Å². The van der Waals surface area contributed by atoms with E-state index in [1.807, 2.05) is 32.9 Å². The lowest BCUT2D eigenvalue weighted by molar-refractivity contribution is 0.173. The van der Waals surface area contributed by atoms with Gasteiger partial charge in [0.15, 0.2) is 0 Å². The molecule has 5 nitrogen and oxygen atoms in total. The summed E-state index contributed by atoms with van der Waals surface area (Å²) in [6, 6.07) is 3.47. The average molecular weight is 237 g/mol. The zero-order valence-electron chi connectivity index (χ0n) is 10.7. The van der Waals surface area contributed by atoms with Crippen LogP contribution in [0.15, 0.2) is 12.1 Å². The van der Waals surface area contributed by atoms with Gasteiger partial charge in [0.25, 0.3) is 0 Å². The lowest BCUT2D eigenvalue weighted by atomic mass is 10.2. The maximum atomic E-state index is 11.6. The minimum absolute atomic E-state index is 0.0362. The number of rotatable bonds is 4. The highest BCUT2D eigenvalue weighted by Crippen LogP contribution is 2.08. The summed E-state index contributed by atoms with van der Waals surface area (Å²) >= 11 is 0. The molecular formula is C12H19N3O2. The molecule has 0 radical (unpaired) electrons. The molecule has 94 valence electrons. The van der Waals surface area contributed by atoms with E-state index in [0.717, 1.165) is 11.3 Å². The Morgan fingerprint density at radius 2 is 2.18 bits per heavy atom. The predicted molar refractivity (Wildman–Crippen MR) is 67.2 cm³/mol. The van der Waals surface area contributed by atoms with Gasteiger partial charge in [-0.05, 0) is 38.5 Å². The number of carbonyl (C=O) groups excluding carboxylic acids is 1. The van der Waals surface area contributed by atoms with Gasteiger partial charge in [-0.2, -0.15) is 0 Å². The van der Waals surface area contributed by atoms with Crippen molar-refractivity contribution >= 4 is 11.8 Å². The van der Waals surface area contributed by atoms with Crippen LogP contribution in [-0.2, 0) is 4.74 Å². The number of aromatic nitrogens is 1. The number of amides is 2. The number of carbonyl (C=O) groups is 1. The van der Waals surface area contributed by atoms with E-state index in [2.05, 4.69) is 15.6 Å². The molecule has 0 aliphatic carbocycles. The second kappa shape index (κ2) is 6.20. The second-order valence-corrected chi connectivity index (χ2v) is 4.13. The molecule has 2 N–H and O–H groups in total. The van der Waals surface area contributed by atoms with E-state index in [9.17, 15) is 4.79 Å². The van der Waals surface area contributed by atoms with E-state index < -0.39 is 0 Å². The number of aryl methyl sites for hydroxylation is 2. The molecule has 0 fully saturated rings. The monoisotopic (exact) mass is 237 g/mol. The summed E-state index contributed by atoms with van der Waals surface area (Å²) in [6.45, 7) is 6.21. The third kappa shape index (κ3) is 4.82. The van der Waals surface area contributed by atoms with Gasteiger partial charge in [-0.1, -0.05) is 0 Å². The summed E-state index contributed by atoms with van der Waals surface area (Å²) in [5, 5.41) is 5.45. The van der Waals surface area contributed by atoms with Crippen molar-refractivity contribution in [2.75, 3.05) is 19.0 Å². The third-order valence-electron chi connectivity index (χ3n) is 2.13. The van der Waals surface area contributed by atoms with E-state index in [-0.39, 0.29) is 12.1 Å². The van der Waals surface area contributed by atoms with E-state index >= 15 is 0 Å². The Bertz CT molecular complexity index is 373. The van der Waals surface area contributed by atoms with Gasteiger partial charge in [0.05, 0.1) is 12.6 Å². The van der Waals surface area contributed by atoms with Gasteiger partial charge in [0.1, 0.15) is 5.82 Å². The summed E-state index contributed by atoms with van der Waals surface area (Å²) in [6.07, 6.45) is 0. The molecular weight excluding hydrogens is 218 g/mol. The number of anilines is 1. The lowest BCUT2D eigenvalue weighted by Crippen LogP contribution is -2.38. The standard InChI is InChI=1S/C12H19N3O2/c1-8-5-9(2)13-11(6-8)15-12(16)14-10(3)7-17-4/h5-6,10H,7H2,1-4H3,(H2,13,14,15,16)/t10-/m1/s1. The Morgan fingerprint density at radius 1 is 1.47 bits per heavy atom. The molecule has 1 atom stereocenters. The van der Waals surface area contributed by atoms with Gasteiger partial charge < -0.3 is 10.1 Å². The highest BCUT2D eigenvalue weighted by Gasteiger charge is 2.07. The molecule has 0 unspecified atom stereocenters. The smallest absolute Gasteiger partial charge is 0.320 e. The SMILES string of the molecule is COC[C@@H](C)NC(=O)Nc1cc(C)cc(C)n1. The molecule has 0 saturated heterocycles. The quantitative estimate of drug-likeness (QED) is 0.840. The van der Waals surface area contributed by atoms with Crippen LogP contribution in [0, 0.1) is 13.8 Å². The molecule has 17 heavy (non-hydrogen) atoms. The van der Waals surface area contributed by atoms with Crippen LogP contribution in [0.3, 0.4) is 0 Å². The average Bonchev–Trinajstić information content (AvgIpc) is 2.14. The van der Waals surface area contributed by atoms with Crippen LogP contribution < -0.4 is 10.6 Å². The van der Waals surface area contributed by atoms with Gasteiger partial charge in [0, 0.05) is 12.8 Å². The Balaban J connectivity index is 2.56. The molecule has 1 rings (SSSR count). The fourth-order valence-electron chi connectivity index (χ4n) is 1.57. The lowest BCUT2D eigenvalue weighted by Gasteiger charge is -2.13. The van der Waals surface area contributed by atoms with Gasteiger partial charge >= 0.3 is 6.03 Å². The number of ether oxygens (including phenoxy) is 1. The molecule has 0 bridgehead atoms. The summed E-state index contributed by atoms with van der Waals surface area (Å²) in [5.74, 6) is 0.560. The summed E-state index contributed by atoms with van der Waals surface area (Å²) < 4.78 is 4.93. The normalized spacial score (nSPS) is 12.0. The van der Waals surface area contributed by atoms with Crippen LogP contribution >= 0.6 is 0 Å². The van der Waals surface area contributed by atoms with Crippen molar-refractivity contribution in [3.05, 3.63) is 23.4 Å². The Kier molecular flexibility index (Phi) is 4.90. The fourth-order valence-corrected chi connectivity index (χ4v) is 1.57. The number of urea groups is 1. The van der Waals surface area contributed by atoms with Gasteiger partial charge in [0.2, 0.25) is 0 Å². The zero-order chi connectivity index (χ0) is 12.8. The van der Waals surface area contributed by atoms with Gasteiger partial charge in [-0.15, -0.1) is 0 Å². The molecule has 2 amide bonds. The van der Waals surface area contributed by atoms with Crippen molar-refractivity contribution in [1.82, 2.24) is 10.3 Å². The third-order valence-corrected chi connectivity index (χ3v) is 2.13. The maximum Gasteiger partial charge on any atom is 0.320 e. The highest BCUT2D eigenvalue weighted by molar-refractivity contribution is 5.88. The Hall–Kier alpha value is -1.62. The predicted octanol–water partition coefficient (Wildman–Crippen LogP) is 1.85. The van der Waals surface area contributed by atoms with Crippen LogP contribution in [0.5, 0.6) is 0 Å². The molecule has 0 aliphatic heterocycles. The van der Waals surface area contributed by atoms with Crippen molar-refractivity contribution < 1.29 is 9.53 Å². The molecule has 0 aliphatic rings. The highest BCUT2D eigenvalue weighted by atomic mass is 16.5. The van der Waals surface area contributed by atoms with Crippen molar-refractivity contribution in [3.63, 3.8) is 0 Å². The van der Waals surface area contributed by atoms with Crippen molar-refractivity contribution in [2.24, 2.45) is 0 Å². The molecule has 1 heterocycles. The van der Waals surface area contributed by atoms with E-state index in [4.69, 9.17) is 4.74 Å². The first-order valence-electron chi connectivity index (χ1n) is 5.53. The molecule has 1 aromatic heterocycles.